The average Bonchev–Trinajstić information content (AvgIpc) is 3.00. The lowest BCUT2D eigenvalue weighted by molar-refractivity contribution is 0.0691. The van der Waals surface area contributed by atoms with Crippen LogP contribution in [0.2, 0.25) is 0 Å². The molecule has 0 bridgehead atoms. The molecule has 0 radical (unpaired) electrons. The summed E-state index contributed by atoms with van der Waals surface area (Å²) in [6.45, 7) is 0. The number of aromatic nitrogens is 4. The van der Waals surface area contributed by atoms with Crippen molar-refractivity contribution in [1.82, 2.24) is 20.0 Å². The van der Waals surface area contributed by atoms with E-state index in [1.165, 1.54) is 35.1 Å². The molecule has 0 saturated carbocycles. The summed E-state index contributed by atoms with van der Waals surface area (Å²) in [4.78, 5) is 15.6. The second kappa shape index (κ2) is 5.85. The first-order chi connectivity index (χ1) is 11.4. The molecule has 24 heavy (non-hydrogen) atoms. The number of hydrogen-bond acceptors (Lipinski definition) is 6. The van der Waals surface area contributed by atoms with Crippen LogP contribution in [-0.2, 0) is 9.84 Å². The van der Waals surface area contributed by atoms with Gasteiger partial charge in [-0.3, -0.25) is 4.98 Å². The van der Waals surface area contributed by atoms with E-state index in [0.29, 0.717) is 11.3 Å². The highest BCUT2D eigenvalue weighted by Crippen LogP contribution is 2.25. The van der Waals surface area contributed by atoms with Crippen LogP contribution in [0.1, 0.15) is 10.5 Å². The second-order valence-electron chi connectivity index (χ2n) is 5.01. The fraction of sp³-hybridized carbons (Fsp3) is 0.0667. The van der Waals surface area contributed by atoms with Gasteiger partial charge in [0.2, 0.25) is 0 Å². The number of pyridine rings is 1. The van der Waals surface area contributed by atoms with Gasteiger partial charge in [-0.2, -0.15) is 0 Å². The fourth-order valence-corrected chi connectivity index (χ4v) is 2.83. The Morgan fingerprint density at radius 2 is 1.88 bits per heavy atom. The third-order valence-corrected chi connectivity index (χ3v) is 4.45. The number of benzene rings is 1. The zero-order valence-corrected chi connectivity index (χ0v) is 13.3. The normalized spacial score (nSPS) is 11.4. The lowest BCUT2D eigenvalue weighted by Crippen LogP contribution is -2.04. The van der Waals surface area contributed by atoms with Crippen LogP contribution < -0.4 is 0 Å². The van der Waals surface area contributed by atoms with Crippen molar-refractivity contribution in [2.24, 2.45) is 0 Å². The van der Waals surface area contributed by atoms with Crippen molar-refractivity contribution in [2.75, 3.05) is 6.26 Å². The summed E-state index contributed by atoms with van der Waals surface area (Å²) < 4.78 is 24.4. The van der Waals surface area contributed by atoms with Crippen LogP contribution >= 0.6 is 0 Å². The Morgan fingerprint density at radius 1 is 1.17 bits per heavy atom. The molecular formula is C15H12N4O4S. The van der Waals surface area contributed by atoms with E-state index in [-0.39, 0.29) is 16.3 Å². The molecule has 3 rings (SSSR count). The van der Waals surface area contributed by atoms with Crippen LogP contribution in [0.15, 0.2) is 53.7 Å². The van der Waals surface area contributed by atoms with Gasteiger partial charge in [0.15, 0.2) is 15.5 Å². The molecular weight excluding hydrogens is 332 g/mol. The highest BCUT2D eigenvalue weighted by atomic mass is 32.2. The van der Waals surface area contributed by atoms with Gasteiger partial charge < -0.3 is 5.11 Å². The van der Waals surface area contributed by atoms with Crippen molar-refractivity contribution in [2.45, 2.75) is 4.90 Å². The summed E-state index contributed by atoms with van der Waals surface area (Å²) in [5.41, 5.74) is 1.08. The van der Waals surface area contributed by atoms with Gasteiger partial charge in [-0.15, -0.1) is 5.10 Å². The quantitative estimate of drug-likeness (QED) is 0.761. The van der Waals surface area contributed by atoms with Crippen LogP contribution in [-0.4, -0.2) is 45.7 Å². The van der Waals surface area contributed by atoms with Crippen LogP contribution in [0.4, 0.5) is 0 Å². The Morgan fingerprint density at radius 3 is 2.42 bits per heavy atom. The molecule has 8 nitrogen and oxygen atoms in total. The average molecular weight is 344 g/mol. The number of carboxylic acids is 1. The van der Waals surface area contributed by atoms with Crippen molar-refractivity contribution < 1.29 is 18.3 Å². The lowest BCUT2D eigenvalue weighted by atomic mass is 10.1. The third-order valence-electron chi connectivity index (χ3n) is 3.32. The minimum absolute atomic E-state index is 0.160. The van der Waals surface area contributed by atoms with Gasteiger partial charge in [0.05, 0.1) is 10.6 Å². The Balaban J connectivity index is 2.17. The highest BCUT2D eigenvalue weighted by Gasteiger charge is 2.21. The van der Waals surface area contributed by atoms with E-state index in [2.05, 4.69) is 15.3 Å². The number of carboxylic acid groups (broad SMARTS) is 1. The summed E-state index contributed by atoms with van der Waals surface area (Å²) in [7, 11) is -3.32. The summed E-state index contributed by atoms with van der Waals surface area (Å²) >= 11 is 0. The minimum Gasteiger partial charge on any atom is -0.476 e. The molecule has 2 heterocycles. The Labute approximate surface area is 137 Å². The van der Waals surface area contributed by atoms with E-state index in [1.54, 1.807) is 18.3 Å². The number of sulfone groups is 1. The predicted molar refractivity (Wildman–Crippen MR) is 84.7 cm³/mol. The van der Waals surface area contributed by atoms with E-state index < -0.39 is 15.8 Å². The SMILES string of the molecule is CS(=O)(=O)c1ccc(-n2nnc(C(=O)O)c2-c2cccnc2)cc1. The van der Waals surface area contributed by atoms with Crippen molar-refractivity contribution in [3.8, 4) is 16.9 Å². The standard InChI is InChI=1S/C15H12N4O4S/c1-24(22,23)12-6-4-11(5-7-12)19-14(10-3-2-8-16-9-10)13(15(20)21)17-18-19/h2-9H,1H3,(H,20,21). The van der Waals surface area contributed by atoms with Crippen LogP contribution in [0.5, 0.6) is 0 Å². The first-order valence-corrected chi connectivity index (χ1v) is 8.67. The van der Waals surface area contributed by atoms with Gasteiger partial charge >= 0.3 is 5.97 Å². The van der Waals surface area contributed by atoms with Crippen LogP contribution in [0, 0.1) is 0 Å². The zero-order valence-electron chi connectivity index (χ0n) is 12.5. The maximum Gasteiger partial charge on any atom is 0.358 e. The van der Waals surface area contributed by atoms with Gasteiger partial charge in [0, 0.05) is 24.2 Å². The number of aromatic carboxylic acids is 1. The molecule has 0 aliphatic rings. The Bertz CT molecular complexity index is 996. The van der Waals surface area contributed by atoms with E-state index in [0.717, 1.165) is 6.26 Å². The molecule has 0 unspecified atom stereocenters. The molecule has 122 valence electrons. The number of rotatable bonds is 4. The second-order valence-corrected chi connectivity index (χ2v) is 7.03. The molecule has 0 amide bonds. The maximum absolute atomic E-state index is 11.5. The summed E-state index contributed by atoms with van der Waals surface area (Å²) in [6.07, 6.45) is 4.19. The number of hydrogen-bond donors (Lipinski definition) is 1. The van der Waals surface area contributed by atoms with Crippen molar-refractivity contribution >= 4 is 15.8 Å². The largest absolute Gasteiger partial charge is 0.476 e. The molecule has 3 aromatic rings. The Hall–Kier alpha value is -3.07. The van der Waals surface area contributed by atoms with Crippen LogP contribution in [0.3, 0.4) is 0 Å². The molecule has 2 aromatic heterocycles. The fourth-order valence-electron chi connectivity index (χ4n) is 2.20. The molecule has 0 fully saturated rings. The monoisotopic (exact) mass is 344 g/mol. The lowest BCUT2D eigenvalue weighted by Gasteiger charge is -2.07. The van der Waals surface area contributed by atoms with Gasteiger partial charge in [-0.05, 0) is 36.4 Å². The van der Waals surface area contributed by atoms with Crippen LogP contribution in [0.25, 0.3) is 16.9 Å². The van der Waals surface area contributed by atoms with Gasteiger partial charge in [0.1, 0.15) is 5.69 Å². The van der Waals surface area contributed by atoms with E-state index in [1.807, 2.05) is 0 Å². The summed E-state index contributed by atoms with van der Waals surface area (Å²) in [5, 5.41) is 16.9. The summed E-state index contributed by atoms with van der Waals surface area (Å²) in [5.74, 6) is -1.21. The zero-order chi connectivity index (χ0) is 17.3. The van der Waals surface area contributed by atoms with E-state index >= 15 is 0 Å². The first kappa shape index (κ1) is 15.8. The Kier molecular flexibility index (Phi) is 3.86. The number of nitrogens with zero attached hydrogens (tertiary/aromatic N) is 4. The van der Waals surface area contributed by atoms with E-state index in [4.69, 9.17) is 0 Å². The van der Waals surface area contributed by atoms with Gasteiger partial charge in [0.25, 0.3) is 0 Å². The smallest absolute Gasteiger partial charge is 0.358 e. The molecule has 0 saturated heterocycles. The maximum atomic E-state index is 11.5. The first-order valence-electron chi connectivity index (χ1n) is 6.78. The molecule has 0 aliphatic heterocycles. The minimum atomic E-state index is -3.32. The van der Waals surface area contributed by atoms with E-state index in [9.17, 15) is 18.3 Å². The molecule has 1 N–H and O–H groups in total. The molecule has 0 atom stereocenters. The third kappa shape index (κ3) is 2.88. The highest BCUT2D eigenvalue weighted by molar-refractivity contribution is 7.90. The van der Waals surface area contributed by atoms with Gasteiger partial charge in [-0.1, -0.05) is 5.21 Å². The molecule has 0 aliphatic carbocycles. The topological polar surface area (TPSA) is 115 Å². The molecule has 9 heteroatoms. The summed E-state index contributed by atoms with van der Waals surface area (Å²) in [6, 6.07) is 9.30. The predicted octanol–water partition coefficient (Wildman–Crippen LogP) is 1.43. The van der Waals surface area contributed by atoms with Gasteiger partial charge in [-0.25, -0.2) is 17.9 Å². The molecule has 0 spiro atoms. The number of carbonyl (C=O) groups is 1. The van der Waals surface area contributed by atoms with Crippen molar-refractivity contribution in [1.29, 1.82) is 0 Å². The molecule has 1 aromatic carbocycles. The van der Waals surface area contributed by atoms with Crippen molar-refractivity contribution in [3.63, 3.8) is 0 Å². The van der Waals surface area contributed by atoms with Crippen molar-refractivity contribution in [3.05, 3.63) is 54.5 Å².